The average Bonchev–Trinajstić information content (AvgIpc) is 2.59. The van der Waals surface area contributed by atoms with Crippen LogP contribution in [0.15, 0.2) is 72.8 Å². The first-order chi connectivity index (χ1) is 10.8. The second kappa shape index (κ2) is 6.96. The van der Waals surface area contributed by atoms with Crippen molar-refractivity contribution in [2.75, 3.05) is 0 Å². The van der Waals surface area contributed by atoms with Gasteiger partial charge in [0.25, 0.3) is 0 Å². The molecule has 3 aromatic rings. The monoisotopic (exact) mass is 284 g/mol. The molecule has 0 fully saturated rings. The number of fused-ring (bicyclic) bond motifs is 1. The summed E-state index contributed by atoms with van der Waals surface area (Å²) in [4.78, 5) is 0. The summed E-state index contributed by atoms with van der Waals surface area (Å²) in [5.41, 5.74) is 2.50. The van der Waals surface area contributed by atoms with Crippen LogP contribution < -0.4 is 0 Å². The van der Waals surface area contributed by atoms with Gasteiger partial charge in [-0.25, -0.2) is 0 Å². The molecular weight excluding hydrogens is 264 g/mol. The molecule has 3 aromatic carbocycles. The Balaban J connectivity index is 1.64. The fourth-order valence-electron chi connectivity index (χ4n) is 2.66. The van der Waals surface area contributed by atoms with Gasteiger partial charge in [-0.3, -0.25) is 0 Å². The van der Waals surface area contributed by atoms with Gasteiger partial charge in [0.15, 0.2) is 0 Å². The molecule has 0 spiro atoms. The molecule has 0 aliphatic rings. The van der Waals surface area contributed by atoms with Gasteiger partial charge in [-0.2, -0.15) is 0 Å². The fourth-order valence-corrected chi connectivity index (χ4v) is 2.66. The molecule has 0 aliphatic carbocycles. The zero-order chi connectivity index (χ0) is 15.2. The minimum Gasteiger partial charge on any atom is -0.0979 e. The van der Waals surface area contributed by atoms with E-state index in [2.05, 4.69) is 73.4 Å². The van der Waals surface area contributed by atoms with Crippen LogP contribution in [0, 0.1) is 11.8 Å². The van der Waals surface area contributed by atoms with Crippen LogP contribution in [-0.4, -0.2) is 0 Å². The van der Waals surface area contributed by atoms with E-state index in [1.165, 1.54) is 16.3 Å². The van der Waals surface area contributed by atoms with E-state index in [1.54, 1.807) is 0 Å². The Kier molecular flexibility index (Phi) is 4.56. The second-order valence-electron chi connectivity index (χ2n) is 5.71. The Labute approximate surface area is 132 Å². The van der Waals surface area contributed by atoms with Crippen LogP contribution in [0.1, 0.15) is 36.8 Å². The smallest absolute Gasteiger partial charge is 0.0245 e. The number of benzene rings is 3. The Morgan fingerprint density at radius 1 is 0.818 bits per heavy atom. The van der Waals surface area contributed by atoms with Crippen molar-refractivity contribution in [3.63, 3.8) is 0 Å². The highest BCUT2D eigenvalue weighted by molar-refractivity contribution is 5.83. The normalized spacial score (nSPS) is 11.7. The number of hydrogen-bond acceptors (Lipinski definition) is 0. The SMILES string of the molecule is CC(CCC#Cc1ccccc1)c1ccc2ccccc2c1. The van der Waals surface area contributed by atoms with Crippen LogP contribution in [0.4, 0.5) is 0 Å². The van der Waals surface area contributed by atoms with E-state index in [0.717, 1.165) is 18.4 Å². The van der Waals surface area contributed by atoms with E-state index in [-0.39, 0.29) is 0 Å². The Morgan fingerprint density at radius 2 is 1.55 bits per heavy atom. The first-order valence-electron chi connectivity index (χ1n) is 7.85. The van der Waals surface area contributed by atoms with Crippen molar-refractivity contribution in [2.45, 2.75) is 25.7 Å². The van der Waals surface area contributed by atoms with Gasteiger partial charge in [0.05, 0.1) is 0 Å². The quantitative estimate of drug-likeness (QED) is 0.535. The lowest BCUT2D eigenvalue weighted by molar-refractivity contribution is 0.699. The molecule has 0 bridgehead atoms. The van der Waals surface area contributed by atoms with Gasteiger partial charge in [0.1, 0.15) is 0 Å². The van der Waals surface area contributed by atoms with E-state index in [0.29, 0.717) is 5.92 Å². The molecule has 0 aliphatic heterocycles. The molecule has 0 heterocycles. The van der Waals surface area contributed by atoms with E-state index in [4.69, 9.17) is 0 Å². The third-order valence-electron chi connectivity index (χ3n) is 4.05. The van der Waals surface area contributed by atoms with Crippen molar-refractivity contribution < 1.29 is 0 Å². The molecule has 0 nitrogen and oxygen atoms in total. The summed E-state index contributed by atoms with van der Waals surface area (Å²) in [6, 6.07) is 25.5. The second-order valence-corrected chi connectivity index (χ2v) is 5.71. The molecule has 1 atom stereocenters. The Bertz CT molecular complexity index is 803. The summed E-state index contributed by atoms with van der Waals surface area (Å²) >= 11 is 0. The van der Waals surface area contributed by atoms with Gasteiger partial charge in [-0.1, -0.05) is 79.4 Å². The molecule has 22 heavy (non-hydrogen) atoms. The lowest BCUT2D eigenvalue weighted by atomic mass is 9.94. The maximum Gasteiger partial charge on any atom is 0.0245 e. The highest BCUT2D eigenvalue weighted by atomic mass is 14.1. The van der Waals surface area contributed by atoms with Crippen LogP contribution in [-0.2, 0) is 0 Å². The molecule has 3 rings (SSSR count). The van der Waals surface area contributed by atoms with Crippen molar-refractivity contribution in [2.24, 2.45) is 0 Å². The standard InChI is InChI=1S/C22H20/c1-18(9-5-6-12-19-10-3-2-4-11-19)21-16-15-20-13-7-8-14-22(20)17-21/h2-4,7-8,10-11,13-18H,5,9H2,1H3. The highest BCUT2D eigenvalue weighted by Gasteiger charge is 2.05. The van der Waals surface area contributed by atoms with E-state index in [9.17, 15) is 0 Å². The van der Waals surface area contributed by atoms with Crippen LogP contribution >= 0.6 is 0 Å². The lowest BCUT2D eigenvalue weighted by Gasteiger charge is -2.11. The zero-order valence-electron chi connectivity index (χ0n) is 12.9. The predicted molar refractivity (Wildman–Crippen MR) is 94.9 cm³/mol. The van der Waals surface area contributed by atoms with E-state index in [1.807, 2.05) is 18.2 Å². The first-order valence-corrected chi connectivity index (χ1v) is 7.85. The van der Waals surface area contributed by atoms with E-state index >= 15 is 0 Å². The van der Waals surface area contributed by atoms with Crippen molar-refractivity contribution in [1.29, 1.82) is 0 Å². The summed E-state index contributed by atoms with van der Waals surface area (Å²) in [5, 5.41) is 2.63. The number of hydrogen-bond donors (Lipinski definition) is 0. The summed E-state index contributed by atoms with van der Waals surface area (Å²) in [7, 11) is 0. The van der Waals surface area contributed by atoms with Crippen molar-refractivity contribution in [1.82, 2.24) is 0 Å². The largest absolute Gasteiger partial charge is 0.0979 e. The minimum atomic E-state index is 0.537. The fraction of sp³-hybridized carbons (Fsp3) is 0.182. The van der Waals surface area contributed by atoms with Crippen molar-refractivity contribution in [3.8, 4) is 11.8 Å². The minimum absolute atomic E-state index is 0.537. The molecule has 0 radical (unpaired) electrons. The van der Waals surface area contributed by atoms with Crippen LogP contribution in [0.5, 0.6) is 0 Å². The predicted octanol–water partition coefficient (Wildman–Crippen LogP) is 5.78. The molecule has 0 saturated heterocycles. The topological polar surface area (TPSA) is 0 Å². The van der Waals surface area contributed by atoms with Crippen molar-refractivity contribution >= 4 is 10.8 Å². The van der Waals surface area contributed by atoms with E-state index < -0.39 is 0 Å². The van der Waals surface area contributed by atoms with Gasteiger partial charge in [-0.15, -0.1) is 0 Å². The summed E-state index contributed by atoms with van der Waals surface area (Å²) < 4.78 is 0. The molecule has 108 valence electrons. The average molecular weight is 284 g/mol. The molecule has 0 saturated carbocycles. The lowest BCUT2D eigenvalue weighted by Crippen LogP contribution is -1.93. The van der Waals surface area contributed by atoms with Gasteiger partial charge in [0.2, 0.25) is 0 Å². The van der Waals surface area contributed by atoms with Gasteiger partial charge in [0, 0.05) is 12.0 Å². The highest BCUT2D eigenvalue weighted by Crippen LogP contribution is 2.24. The van der Waals surface area contributed by atoms with Crippen molar-refractivity contribution in [3.05, 3.63) is 83.9 Å². The first kappa shape index (κ1) is 14.4. The molecular formula is C22H20. The molecule has 0 aromatic heterocycles. The molecule has 0 N–H and O–H groups in total. The third kappa shape index (κ3) is 3.57. The third-order valence-corrected chi connectivity index (χ3v) is 4.05. The van der Waals surface area contributed by atoms with Crippen LogP contribution in [0.3, 0.4) is 0 Å². The summed E-state index contributed by atoms with van der Waals surface area (Å²) in [6.45, 7) is 2.29. The Morgan fingerprint density at radius 3 is 2.36 bits per heavy atom. The van der Waals surface area contributed by atoms with Gasteiger partial charge < -0.3 is 0 Å². The van der Waals surface area contributed by atoms with Crippen LogP contribution in [0.2, 0.25) is 0 Å². The van der Waals surface area contributed by atoms with Gasteiger partial charge in [-0.05, 0) is 40.8 Å². The van der Waals surface area contributed by atoms with Gasteiger partial charge >= 0.3 is 0 Å². The Hall–Kier alpha value is -2.52. The van der Waals surface area contributed by atoms with Crippen LogP contribution in [0.25, 0.3) is 10.8 Å². The zero-order valence-corrected chi connectivity index (χ0v) is 12.9. The summed E-state index contributed by atoms with van der Waals surface area (Å²) in [5.74, 6) is 7.06. The maximum absolute atomic E-state index is 3.29. The molecule has 0 amide bonds. The molecule has 1 unspecified atom stereocenters. The molecule has 0 heteroatoms. The maximum atomic E-state index is 3.29. The summed E-state index contributed by atoms with van der Waals surface area (Å²) in [6.07, 6.45) is 2.03. The number of rotatable bonds is 3.